The zero-order valence-corrected chi connectivity index (χ0v) is 18.4. The molecule has 5 rings (SSSR count). The zero-order valence-electron chi connectivity index (χ0n) is 18.4. The molecule has 0 spiro atoms. The SMILES string of the molecule is c1ccc(/C2=C3\C4=C(/c5ccccc5)CCCCCCC4C3CCCCCC2)cc1. The van der Waals surface area contributed by atoms with Gasteiger partial charge in [0.1, 0.15) is 0 Å². The monoisotopic (exact) mass is 396 g/mol. The molecule has 156 valence electrons. The van der Waals surface area contributed by atoms with E-state index >= 15 is 0 Å². The van der Waals surface area contributed by atoms with E-state index in [1.54, 1.807) is 22.3 Å². The summed E-state index contributed by atoms with van der Waals surface area (Å²) in [5.41, 5.74) is 9.88. The Morgan fingerprint density at radius 1 is 0.433 bits per heavy atom. The van der Waals surface area contributed by atoms with Crippen molar-refractivity contribution >= 4 is 11.1 Å². The van der Waals surface area contributed by atoms with Crippen LogP contribution in [0.4, 0.5) is 0 Å². The third-order valence-electron chi connectivity index (χ3n) is 7.80. The lowest BCUT2D eigenvalue weighted by atomic mass is 9.57. The van der Waals surface area contributed by atoms with E-state index in [4.69, 9.17) is 0 Å². The van der Waals surface area contributed by atoms with E-state index in [0.717, 1.165) is 11.8 Å². The van der Waals surface area contributed by atoms with E-state index in [1.165, 1.54) is 88.2 Å². The van der Waals surface area contributed by atoms with Crippen molar-refractivity contribution in [3.05, 3.63) is 82.9 Å². The van der Waals surface area contributed by atoms with Crippen LogP contribution in [0.2, 0.25) is 0 Å². The van der Waals surface area contributed by atoms with Crippen molar-refractivity contribution in [1.29, 1.82) is 0 Å². The van der Waals surface area contributed by atoms with Gasteiger partial charge in [0.2, 0.25) is 0 Å². The Labute approximate surface area is 183 Å². The lowest BCUT2D eigenvalue weighted by Crippen LogP contribution is -2.34. The maximum atomic E-state index is 2.36. The summed E-state index contributed by atoms with van der Waals surface area (Å²) in [7, 11) is 0. The maximum Gasteiger partial charge on any atom is -0.00870 e. The molecule has 1 saturated carbocycles. The van der Waals surface area contributed by atoms with Crippen molar-refractivity contribution < 1.29 is 0 Å². The van der Waals surface area contributed by atoms with E-state index in [9.17, 15) is 0 Å². The molecule has 2 atom stereocenters. The van der Waals surface area contributed by atoms with Crippen molar-refractivity contribution in [1.82, 2.24) is 0 Å². The molecule has 0 nitrogen and oxygen atoms in total. The van der Waals surface area contributed by atoms with Crippen molar-refractivity contribution in [3.63, 3.8) is 0 Å². The summed E-state index contributed by atoms with van der Waals surface area (Å²) in [6.07, 6.45) is 16.5. The van der Waals surface area contributed by atoms with Gasteiger partial charge in [-0.15, -0.1) is 0 Å². The number of benzene rings is 2. The molecule has 3 aliphatic rings. The number of hydrogen-bond acceptors (Lipinski definition) is 0. The molecule has 1 fully saturated rings. The molecule has 0 aliphatic heterocycles. The van der Waals surface area contributed by atoms with Gasteiger partial charge in [-0.05, 0) is 83.8 Å². The van der Waals surface area contributed by atoms with Gasteiger partial charge < -0.3 is 0 Å². The first-order valence-corrected chi connectivity index (χ1v) is 12.5. The van der Waals surface area contributed by atoms with Crippen LogP contribution >= 0.6 is 0 Å². The molecule has 2 aromatic rings. The summed E-state index contributed by atoms with van der Waals surface area (Å²) in [6, 6.07) is 22.7. The average Bonchev–Trinajstić information content (AvgIpc) is 2.94. The fourth-order valence-corrected chi connectivity index (χ4v) is 6.36. The third-order valence-corrected chi connectivity index (χ3v) is 7.80. The van der Waals surface area contributed by atoms with E-state index in [2.05, 4.69) is 60.7 Å². The molecule has 3 aliphatic carbocycles. The van der Waals surface area contributed by atoms with Crippen LogP contribution in [0.5, 0.6) is 0 Å². The highest BCUT2D eigenvalue weighted by Crippen LogP contribution is 2.57. The van der Waals surface area contributed by atoms with Gasteiger partial charge >= 0.3 is 0 Å². The number of fused-ring (bicyclic) bond motifs is 4. The van der Waals surface area contributed by atoms with E-state index in [-0.39, 0.29) is 0 Å². The van der Waals surface area contributed by atoms with Gasteiger partial charge in [-0.25, -0.2) is 0 Å². The minimum Gasteiger partial charge on any atom is -0.0622 e. The molecular weight excluding hydrogens is 360 g/mol. The standard InChI is InChI=1S/C30H36/c1-3-13-21-27-28-22-14-4-2-12-20-26(24-17-9-6-10-18-24)30(28)29(27)25(19-11-1)23-15-7-5-8-16-23/h5-10,15-18,27-28H,1-4,11-14,19-22H2/b29-25-,30-26-. The van der Waals surface area contributed by atoms with Crippen LogP contribution in [0, 0.1) is 11.8 Å². The molecule has 2 aromatic carbocycles. The molecule has 30 heavy (non-hydrogen) atoms. The minimum absolute atomic E-state index is 0.796. The average molecular weight is 397 g/mol. The van der Waals surface area contributed by atoms with Crippen LogP contribution in [0.25, 0.3) is 11.1 Å². The van der Waals surface area contributed by atoms with Crippen molar-refractivity contribution in [2.45, 2.75) is 77.0 Å². The van der Waals surface area contributed by atoms with Crippen LogP contribution in [0.1, 0.15) is 88.2 Å². The number of rotatable bonds is 2. The Bertz CT molecular complexity index is 822. The van der Waals surface area contributed by atoms with Gasteiger partial charge in [0.25, 0.3) is 0 Å². The molecule has 2 unspecified atom stereocenters. The molecule has 0 aromatic heterocycles. The molecule has 0 amide bonds. The van der Waals surface area contributed by atoms with Crippen LogP contribution in [0.3, 0.4) is 0 Å². The summed E-state index contributed by atoms with van der Waals surface area (Å²) in [6.45, 7) is 0. The second-order valence-corrected chi connectivity index (χ2v) is 9.64. The molecular formula is C30H36. The quantitative estimate of drug-likeness (QED) is 0.475. The Kier molecular flexibility index (Phi) is 6.21. The second-order valence-electron chi connectivity index (χ2n) is 9.64. The molecule has 0 heteroatoms. The minimum atomic E-state index is 0.796. The molecule has 0 heterocycles. The van der Waals surface area contributed by atoms with Gasteiger partial charge in [0.05, 0.1) is 0 Å². The zero-order chi connectivity index (χ0) is 20.2. The van der Waals surface area contributed by atoms with Crippen molar-refractivity contribution in [2.24, 2.45) is 11.8 Å². The van der Waals surface area contributed by atoms with Gasteiger partial charge in [-0.1, -0.05) is 99.2 Å². The fourth-order valence-electron chi connectivity index (χ4n) is 6.36. The van der Waals surface area contributed by atoms with Gasteiger partial charge in [-0.2, -0.15) is 0 Å². The van der Waals surface area contributed by atoms with Gasteiger partial charge in [-0.3, -0.25) is 0 Å². The van der Waals surface area contributed by atoms with Gasteiger partial charge in [0, 0.05) is 0 Å². The molecule has 0 N–H and O–H groups in total. The highest BCUT2D eigenvalue weighted by atomic mass is 14.5. The van der Waals surface area contributed by atoms with E-state index < -0.39 is 0 Å². The lowest BCUT2D eigenvalue weighted by Gasteiger charge is -2.46. The summed E-state index contributed by atoms with van der Waals surface area (Å²) in [5, 5.41) is 0. The Balaban J connectivity index is 1.71. The largest absolute Gasteiger partial charge is 0.0622 e. The number of allylic oxidation sites excluding steroid dienone is 4. The summed E-state index contributed by atoms with van der Waals surface area (Å²) in [5.74, 6) is 1.59. The first kappa shape index (κ1) is 19.9. The van der Waals surface area contributed by atoms with Crippen molar-refractivity contribution in [3.8, 4) is 0 Å². The van der Waals surface area contributed by atoms with Gasteiger partial charge in [0.15, 0.2) is 0 Å². The summed E-state index contributed by atoms with van der Waals surface area (Å²) >= 11 is 0. The third kappa shape index (κ3) is 3.94. The predicted molar refractivity (Wildman–Crippen MR) is 129 cm³/mol. The smallest absolute Gasteiger partial charge is 0.00870 e. The topological polar surface area (TPSA) is 0 Å². The number of hydrogen-bond donors (Lipinski definition) is 0. The normalized spacial score (nSPS) is 30.3. The van der Waals surface area contributed by atoms with Crippen LogP contribution in [-0.4, -0.2) is 0 Å². The molecule has 0 radical (unpaired) electrons. The summed E-state index contributed by atoms with van der Waals surface area (Å²) in [4.78, 5) is 0. The highest BCUT2D eigenvalue weighted by molar-refractivity contribution is 5.84. The first-order chi connectivity index (χ1) is 14.9. The summed E-state index contributed by atoms with van der Waals surface area (Å²) < 4.78 is 0. The van der Waals surface area contributed by atoms with E-state index in [1.807, 2.05) is 0 Å². The molecule has 0 saturated heterocycles. The molecule has 0 bridgehead atoms. The Morgan fingerprint density at radius 2 is 0.833 bits per heavy atom. The Morgan fingerprint density at radius 3 is 1.27 bits per heavy atom. The van der Waals surface area contributed by atoms with Crippen molar-refractivity contribution in [2.75, 3.05) is 0 Å². The van der Waals surface area contributed by atoms with Crippen LogP contribution < -0.4 is 0 Å². The van der Waals surface area contributed by atoms with Crippen LogP contribution in [-0.2, 0) is 0 Å². The highest BCUT2D eigenvalue weighted by Gasteiger charge is 2.43. The lowest BCUT2D eigenvalue weighted by molar-refractivity contribution is 0.309. The Hall–Kier alpha value is -2.08. The maximum absolute atomic E-state index is 2.36. The van der Waals surface area contributed by atoms with Crippen LogP contribution in [0.15, 0.2) is 71.8 Å². The van der Waals surface area contributed by atoms with E-state index in [0.29, 0.717) is 0 Å². The fraction of sp³-hybridized carbons (Fsp3) is 0.467. The predicted octanol–water partition coefficient (Wildman–Crippen LogP) is 8.85. The first-order valence-electron chi connectivity index (χ1n) is 12.5. The second kappa shape index (κ2) is 9.38.